The average molecular weight is 407 g/mol. The van der Waals surface area contributed by atoms with E-state index in [1.165, 1.54) is 6.42 Å². The van der Waals surface area contributed by atoms with E-state index < -0.39 is 0 Å². The Labute approximate surface area is 173 Å². The van der Waals surface area contributed by atoms with Crippen LogP contribution in [0.4, 0.5) is 0 Å². The number of thiazole rings is 1. The van der Waals surface area contributed by atoms with Crippen LogP contribution in [0, 0.1) is 5.92 Å². The first-order valence-corrected chi connectivity index (χ1v) is 10.8. The molecule has 5 nitrogen and oxygen atoms in total. The van der Waals surface area contributed by atoms with Crippen molar-refractivity contribution in [2.24, 2.45) is 5.92 Å². The molecule has 0 amide bonds. The van der Waals surface area contributed by atoms with Gasteiger partial charge in [0.25, 0.3) is 0 Å². The van der Waals surface area contributed by atoms with Gasteiger partial charge in [-0.05, 0) is 49.1 Å². The molecule has 6 heteroatoms. The average Bonchev–Trinajstić information content (AvgIpc) is 3.39. The summed E-state index contributed by atoms with van der Waals surface area (Å²) in [6.45, 7) is 0. The van der Waals surface area contributed by atoms with Gasteiger partial charge in [0.1, 0.15) is 17.2 Å². The van der Waals surface area contributed by atoms with Gasteiger partial charge in [-0.2, -0.15) is 0 Å². The number of hydrogen-bond acceptors (Lipinski definition) is 6. The Morgan fingerprint density at radius 3 is 2.86 bits per heavy atom. The quantitative estimate of drug-likeness (QED) is 0.451. The van der Waals surface area contributed by atoms with Gasteiger partial charge >= 0.3 is 0 Å². The second kappa shape index (κ2) is 7.97. The summed E-state index contributed by atoms with van der Waals surface area (Å²) in [5.74, 6) is 2.52. The molecule has 3 heterocycles. The number of ether oxygens (including phenoxy) is 1. The lowest BCUT2D eigenvalue weighted by Crippen LogP contribution is -2.26. The Morgan fingerprint density at radius 2 is 2.00 bits per heavy atom. The maximum absolute atomic E-state index is 10.2. The fourth-order valence-corrected chi connectivity index (χ4v) is 5.01. The Kier molecular flexibility index (Phi) is 5.04. The SMILES string of the molecule is O[C@@H]1CCCC[C@H]1Cc1nc2ccc(Oc3ccnc(-c4ccco4)c3)cc2s1. The van der Waals surface area contributed by atoms with Crippen molar-refractivity contribution in [1.82, 2.24) is 9.97 Å². The predicted molar refractivity (Wildman–Crippen MR) is 113 cm³/mol. The van der Waals surface area contributed by atoms with Gasteiger partial charge in [0, 0.05) is 24.8 Å². The maximum atomic E-state index is 10.2. The van der Waals surface area contributed by atoms with Crippen LogP contribution in [-0.4, -0.2) is 21.2 Å². The molecule has 0 saturated heterocycles. The van der Waals surface area contributed by atoms with Crippen LogP contribution in [0.3, 0.4) is 0 Å². The van der Waals surface area contributed by atoms with Crippen molar-refractivity contribution in [3.05, 3.63) is 59.9 Å². The Hall–Kier alpha value is -2.70. The summed E-state index contributed by atoms with van der Waals surface area (Å²) < 4.78 is 12.6. The van der Waals surface area contributed by atoms with E-state index in [4.69, 9.17) is 14.1 Å². The number of pyridine rings is 1. The highest BCUT2D eigenvalue weighted by Gasteiger charge is 2.24. The van der Waals surface area contributed by atoms with Crippen molar-refractivity contribution < 1.29 is 14.3 Å². The summed E-state index contributed by atoms with van der Waals surface area (Å²) in [6, 6.07) is 13.4. The molecular weight excluding hydrogens is 384 g/mol. The van der Waals surface area contributed by atoms with Crippen LogP contribution >= 0.6 is 11.3 Å². The van der Waals surface area contributed by atoms with Crippen molar-refractivity contribution in [3.8, 4) is 23.0 Å². The molecule has 1 saturated carbocycles. The smallest absolute Gasteiger partial charge is 0.152 e. The molecule has 1 N–H and O–H groups in total. The number of hydrogen-bond donors (Lipinski definition) is 1. The van der Waals surface area contributed by atoms with Crippen LogP contribution in [-0.2, 0) is 6.42 Å². The molecule has 4 aromatic rings. The molecule has 1 aromatic carbocycles. The van der Waals surface area contributed by atoms with Crippen molar-refractivity contribution in [3.63, 3.8) is 0 Å². The second-order valence-corrected chi connectivity index (χ2v) is 8.62. The standard InChI is InChI=1S/C23H22N2O3S/c26-20-5-2-1-4-15(20)12-23-25-18-8-7-16(14-22(18)29-23)28-17-9-10-24-19(13-17)21-6-3-11-27-21/h3,6-11,13-15,20,26H,1-2,4-5,12H2/t15-,20+/m0/s1. The van der Waals surface area contributed by atoms with Crippen molar-refractivity contribution in [2.45, 2.75) is 38.2 Å². The molecule has 148 valence electrons. The number of furan rings is 1. The first-order chi connectivity index (χ1) is 14.2. The van der Waals surface area contributed by atoms with Crippen LogP contribution in [0.25, 0.3) is 21.7 Å². The number of aromatic nitrogens is 2. The second-order valence-electron chi connectivity index (χ2n) is 7.51. The first kappa shape index (κ1) is 18.3. The summed E-state index contributed by atoms with van der Waals surface area (Å²) in [4.78, 5) is 9.10. The van der Waals surface area contributed by atoms with E-state index in [0.717, 1.165) is 52.4 Å². The fourth-order valence-electron chi connectivity index (χ4n) is 3.92. The molecule has 0 bridgehead atoms. The molecule has 2 atom stereocenters. The van der Waals surface area contributed by atoms with Gasteiger partial charge in [-0.25, -0.2) is 4.98 Å². The highest BCUT2D eigenvalue weighted by molar-refractivity contribution is 7.18. The lowest BCUT2D eigenvalue weighted by atomic mass is 9.84. The number of benzene rings is 1. The molecule has 29 heavy (non-hydrogen) atoms. The lowest BCUT2D eigenvalue weighted by molar-refractivity contribution is 0.0700. The Morgan fingerprint density at radius 1 is 1.10 bits per heavy atom. The third-order valence-electron chi connectivity index (χ3n) is 5.45. The van der Waals surface area contributed by atoms with Crippen molar-refractivity contribution in [2.75, 3.05) is 0 Å². The molecule has 1 aliphatic rings. The van der Waals surface area contributed by atoms with Crippen LogP contribution in [0.5, 0.6) is 11.5 Å². The number of nitrogens with zero attached hydrogens (tertiary/aromatic N) is 2. The Bertz CT molecular complexity index is 1110. The number of aliphatic hydroxyl groups excluding tert-OH is 1. The van der Waals surface area contributed by atoms with Crippen LogP contribution < -0.4 is 4.74 Å². The van der Waals surface area contributed by atoms with Gasteiger partial charge in [0.05, 0.1) is 27.6 Å². The van der Waals surface area contributed by atoms with E-state index in [9.17, 15) is 5.11 Å². The summed E-state index contributed by atoms with van der Waals surface area (Å²) in [5.41, 5.74) is 1.72. The fraction of sp³-hybridized carbons (Fsp3) is 0.304. The highest BCUT2D eigenvalue weighted by Crippen LogP contribution is 2.33. The van der Waals surface area contributed by atoms with Gasteiger partial charge in [-0.3, -0.25) is 4.98 Å². The molecule has 1 aliphatic carbocycles. The van der Waals surface area contributed by atoms with E-state index in [0.29, 0.717) is 17.4 Å². The normalized spacial score (nSPS) is 19.5. The largest absolute Gasteiger partial charge is 0.463 e. The minimum Gasteiger partial charge on any atom is -0.463 e. The number of fused-ring (bicyclic) bond motifs is 1. The minimum atomic E-state index is -0.190. The van der Waals surface area contributed by atoms with E-state index >= 15 is 0 Å². The number of rotatable bonds is 5. The third kappa shape index (κ3) is 4.04. The molecule has 5 rings (SSSR count). The first-order valence-electron chi connectivity index (χ1n) is 10.00. The van der Waals surface area contributed by atoms with Crippen LogP contribution in [0.1, 0.15) is 30.7 Å². The molecule has 0 aliphatic heterocycles. The summed E-state index contributed by atoms with van der Waals surface area (Å²) in [7, 11) is 0. The summed E-state index contributed by atoms with van der Waals surface area (Å²) >= 11 is 1.69. The van der Waals surface area contributed by atoms with E-state index in [1.54, 1.807) is 23.8 Å². The zero-order valence-electron chi connectivity index (χ0n) is 16.0. The molecule has 0 radical (unpaired) electrons. The monoisotopic (exact) mass is 406 g/mol. The van der Waals surface area contributed by atoms with Gasteiger partial charge in [-0.15, -0.1) is 11.3 Å². The zero-order valence-corrected chi connectivity index (χ0v) is 16.8. The van der Waals surface area contributed by atoms with Crippen LogP contribution in [0.2, 0.25) is 0 Å². The summed E-state index contributed by atoms with van der Waals surface area (Å²) in [6.07, 6.45) is 8.35. The predicted octanol–water partition coefficient (Wildman–Crippen LogP) is 5.84. The minimum absolute atomic E-state index is 0.190. The Balaban J connectivity index is 1.34. The molecule has 1 fully saturated rings. The maximum Gasteiger partial charge on any atom is 0.152 e. The molecule has 3 aromatic heterocycles. The molecule has 0 spiro atoms. The summed E-state index contributed by atoms with van der Waals surface area (Å²) in [5, 5.41) is 11.3. The molecule has 0 unspecified atom stereocenters. The zero-order chi connectivity index (χ0) is 19.6. The van der Waals surface area contributed by atoms with Gasteiger partial charge in [0.2, 0.25) is 0 Å². The van der Waals surface area contributed by atoms with E-state index in [-0.39, 0.29) is 6.10 Å². The van der Waals surface area contributed by atoms with Crippen LogP contribution in [0.15, 0.2) is 59.3 Å². The third-order valence-corrected chi connectivity index (χ3v) is 6.49. The van der Waals surface area contributed by atoms with Crippen molar-refractivity contribution in [1.29, 1.82) is 0 Å². The topological polar surface area (TPSA) is 68.4 Å². The highest BCUT2D eigenvalue weighted by atomic mass is 32.1. The van der Waals surface area contributed by atoms with E-state index in [1.807, 2.05) is 42.5 Å². The lowest BCUT2D eigenvalue weighted by Gasteiger charge is -2.26. The van der Waals surface area contributed by atoms with Gasteiger partial charge in [0.15, 0.2) is 5.76 Å². The van der Waals surface area contributed by atoms with Gasteiger partial charge < -0.3 is 14.3 Å². The van der Waals surface area contributed by atoms with Gasteiger partial charge in [-0.1, -0.05) is 12.8 Å². The molecular formula is C23H22N2O3S. The van der Waals surface area contributed by atoms with E-state index in [2.05, 4.69) is 4.98 Å². The number of aliphatic hydroxyl groups is 1. The van der Waals surface area contributed by atoms with Crippen molar-refractivity contribution >= 4 is 21.6 Å².